The Morgan fingerprint density at radius 3 is 2.63 bits per heavy atom. The van der Waals surface area contributed by atoms with Crippen molar-refractivity contribution in [3.8, 4) is 22.8 Å². The van der Waals surface area contributed by atoms with Crippen molar-refractivity contribution in [1.82, 2.24) is 5.16 Å². The van der Waals surface area contributed by atoms with Gasteiger partial charge in [-0.1, -0.05) is 28.9 Å². The zero-order valence-electron chi connectivity index (χ0n) is 14.3. The summed E-state index contributed by atoms with van der Waals surface area (Å²) in [5.74, 6) is 1.60. The van der Waals surface area contributed by atoms with E-state index in [1.165, 1.54) is 0 Å². The summed E-state index contributed by atoms with van der Waals surface area (Å²) in [4.78, 5) is 12.0. The van der Waals surface area contributed by atoms with Crippen LogP contribution in [-0.2, 0) is 22.6 Å². The van der Waals surface area contributed by atoms with Crippen LogP contribution in [0, 0.1) is 0 Å². The number of hydrogen-bond donors (Lipinski definition) is 0. The maximum absolute atomic E-state index is 12.0. The van der Waals surface area contributed by atoms with E-state index in [0.29, 0.717) is 41.2 Å². The average molecular weight is 386 g/mol. The molecule has 0 saturated carbocycles. The molecule has 3 aromatic rings. The normalized spacial score (nSPS) is 12.6. The molecule has 0 N–H and O–H groups in total. The van der Waals surface area contributed by atoms with Crippen LogP contribution in [0.2, 0.25) is 5.02 Å². The maximum atomic E-state index is 12.0. The number of rotatable bonds is 5. The van der Waals surface area contributed by atoms with E-state index in [0.717, 1.165) is 11.1 Å². The summed E-state index contributed by atoms with van der Waals surface area (Å²) in [6, 6.07) is 14.3. The SMILES string of the molecule is O=C(Cc1ccc(Cl)cc1)OCc1cc(-c2ccc3c(c2)OCCO3)on1. The molecule has 1 aliphatic heterocycles. The van der Waals surface area contributed by atoms with Gasteiger partial charge in [0, 0.05) is 16.7 Å². The van der Waals surface area contributed by atoms with Crippen LogP contribution in [0.15, 0.2) is 53.1 Å². The standard InChI is InChI=1S/C20H16ClNO5/c21-15-4-1-13(2-5-15)9-20(23)26-12-16-11-18(27-22-16)14-3-6-17-19(10-14)25-8-7-24-17/h1-6,10-11H,7-9,12H2. The van der Waals surface area contributed by atoms with Crippen molar-refractivity contribution in [2.75, 3.05) is 13.2 Å². The first-order chi connectivity index (χ1) is 13.2. The summed E-state index contributed by atoms with van der Waals surface area (Å²) in [5.41, 5.74) is 2.18. The van der Waals surface area contributed by atoms with E-state index in [2.05, 4.69) is 5.16 Å². The van der Waals surface area contributed by atoms with E-state index in [1.807, 2.05) is 18.2 Å². The molecule has 0 amide bonds. The highest BCUT2D eigenvalue weighted by atomic mass is 35.5. The monoisotopic (exact) mass is 385 g/mol. The summed E-state index contributed by atoms with van der Waals surface area (Å²) in [7, 11) is 0. The van der Waals surface area contributed by atoms with Crippen LogP contribution in [-0.4, -0.2) is 24.3 Å². The molecule has 0 spiro atoms. The third-order valence-electron chi connectivity index (χ3n) is 4.03. The molecule has 27 heavy (non-hydrogen) atoms. The van der Waals surface area contributed by atoms with E-state index in [9.17, 15) is 4.79 Å². The van der Waals surface area contributed by atoms with Crippen LogP contribution in [0.4, 0.5) is 0 Å². The minimum atomic E-state index is -0.346. The predicted molar refractivity (Wildman–Crippen MR) is 97.9 cm³/mol. The van der Waals surface area contributed by atoms with Gasteiger partial charge in [0.15, 0.2) is 17.3 Å². The zero-order chi connectivity index (χ0) is 18.6. The fourth-order valence-corrected chi connectivity index (χ4v) is 2.81. The molecule has 138 valence electrons. The van der Waals surface area contributed by atoms with Gasteiger partial charge in [-0.15, -0.1) is 0 Å². The second-order valence-electron chi connectivity index (χ2n) is 6.00. The van der Waals surface area contributed by atoms with Crippen molar-refractivity contribution in [1.29, 1.82) is 0 Å². The van der Waals surface area contributed by atoms with Crippen molar-refractivity contribution in [2.24, 2.45) is 0 Å². The van der Waals surface area contributed by atoms with Crippen LogP contribution >= 0.6 is 11.6 Å². The molecule has 0 radical (unpaired) electrons. The molecule has 4 rings (SSSR count). The van der Waals surface area contributed by atoms with Crippen LogP contribution in [0.1, 0.15) is 11.3 Å². The molecule has 6 nitrogen and oxygen atoms in total. The number of esters is 1. The lowest BCUT2D eigenvalue weighted by atomic mass is 10.1. The number of hydrogen-bond acceptors (Lipinski definition) is 6. The summed E-state index contributed by atoms with van der Waals surface area (Å²) < 4.78 is 21.7. The Hall–Kier alpha value is -2.99. The Balaban J connectivity index is 1.36. The van der Waals surface area contributed by atoms with Gasteiger partial charge in [-0.05, 0) is 35.9 Å². The van der Waals surface area contributed by atoms with Crippen molar-refractivity contribution in [2.45, 2.75) is 13.0 Å². The fraction of sp³-hybridized carbons (Fsp3) is 0.200. The van der Waals surface area contributed by atoms with Gasteiger partial charge in [0.2, 0.25) is 0 Å². The zero-order valence-corrected chi connectivity index (χ0v) is 15.1. The number of ether oxygens (including phenoxy) is 3. The van der Waals surface area contributed by atoms with Gasteiger partial charge in [0.05, 0.1) is 6.42 Å². The Labute approximate surface area is 160 Å². The molecule has 0 aliphatic carbocycles. The number of fused-ring (bicyclic) bond motifs is 1. The van der Waals surface area contributed by atoms with E-state index in [-0.39, 0.29) is 19.0 Å². The molecule has 0 saturated heterocycles. The van der Waals surface area contributed by atoms with Gasteiger partial charge in [-0.2, -0.15) is 0 Å². The van der Waals surface area contributed by atoms with E-state index >= 15 is 0 Å². The minimum Gasteiger partial charge on any atom is -0.486 e. The molecule has 7 heteroatoms. The highest BCUT2D eigenvalue weighted by Crippen LogP contribution is 2.34. The first kappa shape index (κ1) is 17.4. The Bertz CT molecular complexity index is 951. The second kappa shape index (κ2) is 7.72. The Kier molecular flexibility index (Phi) is 4.98. The molecular weight excluding hydrogens is 370 g/mol. The van der Waals surface area contributed by atoms with Crippen LogP contribution in [0.25, 0.3) is 11.3 Å². The summed E-state index contributed by atoms with van der Waals surface area (Å²) in [6.07, 6.45) is 0.171. The third-order valence-corrected chi connectivity index (χ3v) is 4.28. The predicted octanol–water partition coefficient (Wildman–Crippen LogP) is 4.05. The quantitative estimate of drug-likeness (QED) is 0.617. The van der Waals surface area contributed by atoms with Crippen LogP contribution < -0.4 is 9.47 Å². The molecule has 1 aromatic heterocycles. The molecule has 0 atom stereocenters. The maximum Gasteiger partial charge on any atom is 0.310 e. The molecule has 0 fully saturated rings. The lowest BCUT2D eigenvalue weighted by molar-refractivity contribution is -0.144. The molecule has 2 aromatic carbocycles. The summed E-state index contributed by atoms with van der Waals surface area (Å²) in [5, 5.41) is 4.58. The smallest absolute Gasteiger partial charge is 0.310 e. The van der Waals surface area contributed by atoms with Crippen molar-refractivity contribution >= 4 is 17.6 Å². The van der Waals surface area contributed by atoms with Crippen molar-refractivity contribution in [3.63, 3.8) is 0 Å². The lowest BCUT2D eigenvalue weighted by Crippen LogP contribution is -2.15. The first-order valence-electron chi connectivity index (χ1n) is 8.43. The van der Waals surface area contributed by atoms with Gasteiger partial charge in [-0.25, -0.2) is 0 Å². The molecule has 2 heterocycles. The van der Waals surface area contributed by atoms with Crippen molar-refractivity contribution in [3.05, 3.63) is 64.8 Å². The van der Waals surface area contributed by atoms with E-state index in [1.54, 1.807) is 30.3 Å². The Morgan fingerprint density at radius 1 is 1.04 bits per heavy atom. The first-order valence-corrected chi connectivity index (χ1v) is 8.81. The number of benzene rings is 2. The van der Waals surface area contributed by atoms with Crippen molar-refractivity contribution < 1.29 is 23.5 Å². The van der Waals surface area contributed by atoms with Gasteiger partial charge < -0.3 is 18.7 Å². The highest BCUT2D eigenvalue weighted by molar-refractivity contribution is 6.30. The third kappa shape index (κ3) is 4.23. The number of carbonyl (C=O) groups excluding carboxylic acids is 1. The average Bonchev–Trinajstić information content (AvgIpc) is 3.17. The number of nitrogens with zero attached hydrogens (tertiary/aromatic N) is 1. The van der Waals surface area contributed by atoms with Gasteiger partial charge in [0.25, 0.3) is 0 Å². The van der Waals surface area contributed by atoms with Gasteiger partial charge >= 0.3 is 5.97 Å². The molecule has 1 aliphatic rings. The van der Waals surface area contributed by atoms with Gasteiger partial charge in [-0.3, -0.25) is 4.79 Å². The topological polar surface area (TPSA) is 70.8 Å². The molecule has 0 bridgehead atoms. The molecule has 0 unspecified atom stereocenters. The summed E-state index contributed by atoms with van der Waals surface area (Å²) >= 11 is 5.83. The van der Waals surface area contributed by atoms with Crippen LogP contribution in [0.5, 0.6) is 11.5 Å². The van der Waals surface area contributed by atoms with E-state index in [4.69, 9.17) is 30.3 Å². The van der Waals surface area contributed by atoms with Crippen LogP contribution in [0.3, 0.4) is 0 Å². The second-order valence-corrected chi connectivity index (χ2v) is 6.44. The van der Waals surface area contributed by atoms with E-state index < -0.39 is 0 Å². The Morgan fingerprint density at radius 2 is 1.81 bits per heavy atom. The summed E-state index contributed by atoms with van der Waals surface area (Å²) in [6.45, 7) is 1.10. The van der Waals surface area contributed by atoms with Gasteiger partial charge in [0.1, 0.15) is 25.5 Å². The number of aromatic nitrogens is 1. The molecular formula is C20H16ClNO5. The number of carbonyl (C=O) groups is 1. The fourth-order valence-electron chi connectivity index (χ4n) is 2.69. The largest absolute Gasteiger partial charge is 0.486 e. The lowest BCUT2D eigenvalue weighted by Gasteiger charge is -2.18. The minimum absolute atomic E-state index is 0.0421. The number of halogens is 1. The highest BCUT2D eigenvalue weighted by Gasteiger charge is 2.15.